The minimum Gasteiger partial charge on any atom is -0.381 e. The van der Waals surface area contributed by atoms with Crippen molar-refractivity contribution in [1.29, 1.82) is 0 Å². The van der Waals surface area contributed by atoms with Crippen LogP contribution in [-0.4, -0.2) is 31.8 Å². The van der Waals surface area contributed by atoms with Gasteiger partial charge in [0.05, 0.1) is 12.6 Å². The Morgan fingerprint density at radius 1 is 1.21 bits per heavy atom. The third-order valence-electron chi connectivity index (χ3n) is 3.93. The van der Waals surface area contributed by atoms with E-state index < -0.39 is 0 Å². The lowest BCUT2D eigenvalue weighted by Gasteiger charge is -2.34. The van der Waals surface area contributed by atoms with Gasteiger partial charge in [0.2, 0.25) is 0 Å². The number of guanidine groups is 1. The topological polar surface area (TPSA) is 50.9 Å². The number of halogens is 1. The zero-order valence-corrected chi connectivity index (χ0v) is 10.8. The summed E-state index contributed by atoms with van der Waals surface area (Å²) in [5, 5.41) is 0. The lowest BCUT2D eigenvalue weighted by molar-refractivity contribution is 0.0603. The Balaban J connectivity index is 1.83. The quantitative estimate of drug-likeness (QED) is 0.884. The minimum atomic E-state index is -0.235. The molecule has 2 N–H and O–H groups in total. The minimum absolute atomic E-state index is 0.235. The van der Waals surface area contributed by atoms with E-state index in [0.29, 0.717) is 18.4 Å². The SMILES string of the molecule is NC1=NCC(C2CCOCC2)N1c1ccc(F)cc1. The second kappa shape index (κ2) is 5.17. The normalized spacial score (nSPS) is 24.6. The predicted molar refractivity (Wildman–Crippen MR) is 72.7 cm³/mol. The number of ether oxygens (including phenoxy) is 1. The van der Waals surface area contributed by atoms with Crippen LogP contribution >= 0.6 is 0 Å². The van der Waals surface area contributed by atoms with Crippen LogP contribution in [0.1, 0.15) is 12.8 Å². The van der Waals surface area contributed by atoms with Crippen LogP contribution in [0.2, 0.25) is 0 Å². The van der Waals surface area contributed by atoms with Crippen LogP contribution in [0.5, 0.6) is 0 Å². The molecule has 3 rings (SSSR count). The highest BCUT2D eigenvalue weighted by atomic mass is 19.1. The van der Waals surface area contributed by atoms with Crippen molar-refractivity contribution >= 4 is 11.6 Å². The van der Waals surface area contributed by atoms with Crippen molar-refractivity contribution in [2.75, 3.05) is 24.7 Å². The lowest BCUT2D eigenvalue weighted by Crippen LogP contribution is -2.46. The van der Waals surface area contributed by atoms with Gasteiger partial charge in [-0.1, -0.05) is 0 Å². The summed E-state index contributed by atoms with van der Waals surface area (Å²) in [6.07, 6.45) is 2.07. The number of benzene rings is 1. The number of rotatable bonds is 2. The molecule has 1 atom stereocenters. The molecule has 0 aliphatic carbocycles. The first kappa shape index (κ1) is 12.4. The van der Waals surface area contributed by atoms with Gasteiger partial charge < -0.3 is 15.4 Å². The summed E-state index contributed by atoms with van der Waals surface area (Å²) in [6.45, 7) is 2.32. The molecule has 0 radical (unpaired) electrons. The van der Waals surface area contributed by atoms with Crippen molar-refractivity contribution in [2.24, 2.45) is 16.6 Å². The molecule has 1 unspecified atom stereocenters. The van der Waals surface area contributed by atoms with Crippen LogP contribution in [0.3, 0.4) is 0 Å². The molecule has 1 fully saturated rings. The molecule has 0 saturated carbocycles. The molecule has 5 heteroatoms. The third-order valence-corrected chi connectivity index (χ3v) is 3.93. The first-order valence-corrected chi connectivity index (χ1v) is 6.68. The summed E-state index contributed by atoms with van der Waals surface area (Å²) < 4.78 is 18.4. The van der Waals surface area contributed by atoms with Crippen molar-refractivity contribution < 1.29 is 9.13 Å². The maximum Gasteiger partial charge on any atom is 0.196 e. The Bertz CT molecular complexity index is 468. The van der Waals surface area contributed by atoms with Crippen LogP contribution in [0, 0.1) is 11.7 Å². The number of anilines is 1. The highest BCUT2D eigenvalue weighted by Crippen LogP contribution is 2.30. The average molecular weight is 263 g/mol. The number of nitrogens with zero attached hydrogens (tertiary/aromatic N) is 2. The number of hydrogen-bond acceptors (Lipinski definition) is 4. The highest BCUT2D eigenvalue weighted by molar-refractivity contribution is 5.97. The molecule has 2 heterocycles. The molecule has 1 saturated heterocycles. The third kappa shape index (κ3) is 2.42. The van der Waals surface area contributed by atoms with Crippen LogP contribution in [0.25, 0.3) is 0 Å². The fourth-order valence-corrected chi connectivity index (χ4v) is 2.90. The van der Waals surface area contributed by atoms with Gasteiger partial charge in [0.1, 0.15) is 5.82 Å². The van der Waals surface area contributed by atoms with Gasteiger partial charge in [0.25, 0.3) is 0 Å². The van der Waals surface area contributed by atoms with Crippen LogP contribution in [0.15, 0.2) is 29.3 Å². The summed E-state index contributed by atoms with van der Waals surface area (Å²) in [5.41, 5.74) is 6.91. The fourth-order valence-electron chi connectivity index (χ4n) is 2.90. The summed E-state index contributed by atoms with van der Waals surface area (Å²) >= 11 is 0. The molecule has 0 spiro atoms. The molecule has 0 amide bonds. The Morgan fingerprint density at radius 2 is 1.89 bits per heavy atom. The zero-order valence-electron chi connectivity index (χ0n) is 10.8. The van der Waals surface area contributed by atoms with E-state index in [1.165, 1.54) is 12.1 Å². The second-order valence-corrected chi connectivity index (χ2v) is 5.06. The van der Waals surface area contributed by atoms with E-state index in [1.807, 2.05) is 4.90 Å². The Hall–Kier alpha value is -1.62. The van der Waals surface area contributed by atoms with Crippen molar-refractivity contribution in [3.05, 3.63) is 30.1 Å². The molecular weight excluding hydrogens is 245 g/mol. The summed E-state index contributed by atoms with van der Waals surface area (Å²) in [5.74, 6) is 0.827. The average Bonchev–Trinajstić information content (AvgIpc) is 2.83. The van der Waals surface area contributed by atoms with Gasteiger partial charge in [-0.15, -0.1) is 0 Å². The molecule has 0 aromatic heterocycles. The number of hydrogen-bond donors (Lipinski definition) is 1. The summed E-state index contributed by atoms with van der Waals surface area (Å²) in [7, 11) is 0. The van der Waals surface area contributed by atoms with Gasteiger partial charge >= 0.3 is 0 Å². The standard InChI is InChI=1S/C14H18FN3O/c15-11-1-3-12(4-2-11)18-13(9-17-14(18)16)10-5-7-19-8-6-10/h1-4,10,13H,5-9H2,(H2,16,17). The van der Waals surface area contributed by atoms with Gasteiger partial charge in [0.15, 0.2) is 5.96 Å². The van der Waals surface area contributed by atoms with Gasteiger partial charge in [0, 0.05) is 18.9 Å². The largest absolute Gasteiger partial charge is 0.381 e. The van der Waals surface area contributed by atoms with Crippen LogP contribution in [-0.2, 0) is 4.74 Å². The van der Waals surface area contributed by atoms with Crippen LogP contribution in [0.4, 0.5) is 10.1 Å². The number of aliphatic imine (C=N–C) groups is 1. The Kier molecular flexibility index (Phi) is 3.38. The molecule has 4 nitrogen and oxygen atoms in total. The molecule has 2 aliphatic rings. The van der Waals surface area contributed by atoms with E-state index in [-0.39, 0.29) is 11.9 Å². The van der Waals surface area contributed by atoms with Crippen LogP contribution < -0.4 is 10.6 Å². The van der Waals surface area contributed by atoms with Gasteiger partial charge in [-0.3, -0.25) is 4.99 Å². The highest BCUT2D eigenvalue weighted by Gasteiger charge is 2.34. The molecule has 102 valence electrons. The van der Waals surface area contributed by atoms with Gasteiger partial charge in [-0.2, -0.15) is 0 Å². The predicted octanol–water partition coefficient (Wildman–Crippen LogP) is 1.76. The monoisotopic (exact) mass is 263 g/mol. The van der Waals surface area contributed by atoms with E-state index in [4.69, 9.17) is 10.5 Å². The zero-order chi connectivity index (χ0) is 13.2. The molecule has 0 bridgehead atoms. The Labute approximate surface area is 112 Å². The van der Waals surface area contributed by atoms with Crippen molar-refractivity contribution in [2.45, 2.75) is 18.9 Å². The van der Waals surface area contributed by atoms with Crippen molar-refractivity contribution in [3.63, 3.8) is 0 Å². The summed E-state index contributed by atoms with van der Waals surface area (Å²) in [4.78, 5) is 6.40. The fraction of sp³-hybridized carbons (Fsp3) is 0.500. The van der Waals surface area contributed by atoms with E-state index in [1.54, 1.807) is 12.1 Å². The first-order valence-electron chi connectivity index (χ1n) is 6.68. The molecule has 2 aliphatic heterocycles. The maximum absolute atomic E-state index is 13.0. The first-order chi connectivity index (χ1) is 9.25. The van der Waals surface area contributed by atoms with Gasteiger partial charge in [-0.05, 0) is 43.0 Å². The molecular formula is C14H18FN3O. The lowest BCUT2D eigenvalue weighted by atomic mass is 9.91. The molecule has 1 aromatic carbocycles. The van der Waals surface area contributed by atoms with Crippen molar-refractivity contribution in [1.82, 2.24) is 0 Å². The van der Waals surface area contributed by atoms with Crippen molar-refractivity contribution in [3.8, 4) is 0 Å². The van der Waals surface area contributed by atoms with Gasteiger partial charge in [-0.25, -0.2) is 4.39 Å². The van der Waals surface area contributed by atoms with E-state index in [2.05, 4.69) is 4.99 Å². The second-order valence-electron chi connectivity index (χ2n) is 5.06. The Morgan fingerprint density at radius 3 is 2.58 bits per heavy atom. The molecule has 1 aromatic rings. The maximum atomic E-state index is 13.0. The smallest absolute Gasteiger partial charge is 0.196 e. The van der Waals surface area contributed by atoms with E-state index >= 15 is 0 Å². The number of nitrogens with two attached hydrogens (primary N) is 1. The summed E-state index contributed by atoms with van der Waals surface area (Å²) in [6, 6.07) is 6.71. The van der Waals surface area contributed by atoms with E-state index in [0.717, 1.165) is 31.7 Å². The van der Waals surface area contributed by atoms with E-state index in [9.17, 15) is 4.39 Å². The molecule has 19 heavy (non-hydrogen) atoms.